The van der Waals surface area contributed by atoms with Crippen LogP contribution in [0.3, 0.4) is 0 Å². The molecule has 0 bridgehead atoms. The fraction of sp³-hybridized carbons (Fsp3) is 0.368. The summed E-state index contributed by atoms with van der Waals surface area (Å²) < 4.78 is 15.3. The topological polar surface area (TPSA) is 99.5 Å². The van der Waals surface area contributed by atoms with Gasteiger partial charge >= 0.3 is 5.97 Å². The van der Waals surface area contributed by atoms with Crippen LogP contribution in [0.5, 0.6) is 0 Å². The minimum absolute atomic E-state index is 0.0222. The van der Waals surface area contributed by atoms with E-state index in [1.807, 2.05) is 18.2 Å². The molecule has 1 fully saturated rings. The highest BCUT2D eigenvalue weighted by molar-refractivity contribution is 5.97. The minimum Gasteiger partial charge on any atom is -0.465 e. The molecule has 0 atom stereocenters. The monoisotopic (exact) mass is 373 g/mol. The molecular formula is C19H23N3O5. The van der Waals surface area contributed by atoms with Gasteiger partial charge in [-0.3, -0.25) is 4.90 Å². The quantitative estimate of drug-likeness (QED) is 0.341. The van der Waals surface area contributed by atoms with Gasteiger partial charge < -0.3 is 24.5 Å². The van der Waals surface area contributed by atoms with Crippen LogP contribution >= 0.6 is 0 Å². The molecule has 0 spiro atoms. The molecule has 8 nitrogen and oxygen atoms in total. The fourth-order valence-corrected chi connectivity index (χ4v) is 2.80. The highest BCUT2D eigenvalue weighted by Crippen LogP contribution is 2.14. The van der Waals surface area contributed by atoms with Crippen LogP contribution in [0.4, 0.5) is 0 Å². The molecule has 0 radical (unpaired) electrons. The number of methoxy groups -OCH3 is 1. The van der Waals surface area contributed by atoms with E-state index in [0.717, 1.165) is 44.0 Å². The molecule has 2 N–H and O–H groups in total. The molecular weight excluding hydrogens is 350 g/mol. The third-order valence-electron chi connectivity index (χ3n) is 4.24. The number of amidine groups is 1. The van der Waals surface area contributed by atoms with Crippen LogP contribution in [0.15, 0.2) is 46.2 Å². The SMILES string of the molecule is COC(=O)c1ccoc1CO/N=C(/N)c1cccc(CN2CCOCC2)c1. The number of nitrogens with zero attached hydrogens (tertiary/aromatic N) is 2. The zero-order valence-electron chi connectivity index (χ0n) is 15.2. The smallest absolute Gasteiger partial charge is 0.341 e. The average molecular weight is 373 g/mol. The van der Waals surface area contributed by atoms with Gasteiger partial charge in [0.25, 0.3) is 0 Å². The van der Waals surface area contributed by atoms with Crippen molar-refractivity contribution >= 4 is 11.8 Å². The van der Waals surface area contributed by atoms with Crippen LogP contribution in [0, 0.1) is 0 Å². The Morgan fingerprint density at radius 1 is 1.30 bits per heavy atom. The molecule has 1 aromatic heterocycles. The number of hydrogen-bond acceptors (Lipinski definition) is 7. The first-order valence-corrected chi connectivity index (χ1v) is 8.67. The molecule has 1 aliphatic heterocycles. The summed E-state index contributed by atoms with van der Waals surface area (Å²) in [5.74, 6) is 0.0968. The van der Waals surface area contributed by atoms with E-state index in [1.165, 1.54) is 19.4 Å². The third kappa shape index (κ3) is 5.08. The molecule has 144 valence electrons. The van der Waals surface area contributed by atoms with Gasteiger partial charge in [0.2, 0.25) is 0 Å². The van der Waals surface area contributed by atoms with E-state index in [1.54, 1.807) is 0 Å². The number of esters is 1. The Morgan fingerprint density at radius 3 is 2.89 bits per heavy atom. The van der Waals surface area contributed by atoms with E-state index in [-0.39, 0.29) is 12.4 Å². The van der Waals surface area contributed by atoms with E-state index >= 15 is 0 Å². The lowest BCUT2D eigenvalue weighted by Crippen LogP contribution is -2.35. The third-order valence-corrected chi connectivity index (χ3v) is 4.24. The van der Waals surface area contributed by atoms with E-state index in [0.29, 0.717) is 11.3 Å². The lowest BCUT2D eigenvalue weighted by molar-refractivity contribution is 0.0342. The van der Waals surface area contributed by atoms with Crippen LogP contribution in [-0.4, -0.2) is 50.1 Å². The number of ether oxygens (including phenoxy) is 2. The molecule has 0 aliphatic carbocycles. The number of nitrogens with two attached hydrogens (primary N) is 1. The maximum Gasteiger partial charge on any atom is 0.341 e. The number of rotatable bonds is 7. The predicted octanol–water partition coefficient (Wildman–Crippen LogP) is 1.74. The summed E-state index contributed by atoms with van der Waals surface area (Å²) in [7, 11) is 1.31. The van der Waals surface area contributed by atoms with Crippen molar-refractivity contribution in [2.75, 3.05) is 33.4 Å². The average Bonchev–Trinajstić information content (AvgIpc) is 3.17. The summed E-state index contributed by atoms with van der Waals surface area (Å²) in [5.41, 5.74) is 8.25. The minimum atomic E-state index is -0.491. The maximum atomic E-state index is 11.6. The van der Waals surface area contributed by atoms with Crippen molar-refractivity contribution in [1.82, 2.24) is 4.90 Å². The Hall–Kier alpha value is -2.84. The first-order chi connectivity index (χ1) is 13.2. The molecule has 27 heavy (non-hydrogen) atoms. The zero-order valence-corrected chi connectivity index (χ0v) is 15.2. The highest BCUT2D eigenvalue weighted by atomic mass is 16.6. The largest absolute Gasteiger partial charge is 0.465 e. The Bertz CT molecular complexity index is 796. The lowest BCUT2D eigenvalue weighted by atomic mass is 10.1. The standard InChI is InChI=1S/C19H23N3O5/c1-24-19(23)16-5-8-26-17(16)13-27-21-18(20)15-4-2-3-14(11-15)12-22-6-9-25-10-7-22/h2-5,8,11H,6-7,9-10,12-13H2,1H3,(H2,20,21). The van der Waals surface area contributed by atoms with Crippen LogP contribution in [0.25, 0.3) is 0 Å². The molecule has 1 aliphatic rings. The summed E-state index contributed by atoms with van der Waals surface area (Å²) in [6, 6.07) is 9.38. The van der Waals surface area contributed by atoms with Gasteiger partial charge in [-0.15, -0.1) is 0 Å². The highest BCUT2D eigenvalue weighted by Gasteiger charge is 2.15. The van der Waals surface area contributed by atoms with Gasteiger partial charge in [0, 0.05) is 25.2 Å². The van der Waals surface area contributed by atoms with Crippen molar-refractivity contribution < 1.29 is 23.5 Å². The second-order valence-electron chi connectivity index (χ2n) is 6.09. The number of carbonyl (C=O) groups excluding carboxylic acids is 1. The molecule has 1 saturated heterocycles. The molecule has 1 aromatic carbocycles. The first kappa shape index (κ1) is 18.9. The van der Waals surface area contributed by atoms with E-state index in [2.05, 4.69) is 20.9 Å². The number of morpholine rings is 1. The lowest BCUT2D eigenvalue weighted by Gasteiger charge is -2.26. The summed E-state index contributed by atoms with van der Waals surface area (Å²) in [6.07, 6.45) is 1.40. The Labute approximate surface area is 157 Å². The van der Waals surface area contributed by atoms with Gasteiger partial charge in [0.1, 0.15) is 5.56 Å². The van der Waals surface area contributed by atoms with Gasteiger partial charge in [0.15, 0.2) is 18.2 Å². The van der Waals surface area contributed by atoms with Crippen LogP contribution in [-0.2, 0) is 27.5 Å². The molecule has 3 rings (SSSR count). The van der Waals surface area contributed by atoms with E-state index < -0.39 is 5.97 Å². The number of carbonyl (C=O) groups is 1. The van der Waals surface area contributed by atoms with Gasteiger partial charge in [-0.1, -0.05) is 23.4 Å². The Balaban J connectivity index is 1.60. The van der Waals surface area contributed by atoms with E-state index in [9.17, 15) is 4.79 Å². The van der Waals surface area contributed by atoms with Crippen molar-refractivity contribution in [1.29, 1.82) is 0 Å². The number of hydrogen-bond donors (Lipinski definition) is 1. The van der Waals surface area contributed by atoms with Crippen LogP contribution < -0.4 is 5.73 Å². The first-order valence-electron chi connectivity index (χ1n) is 8.67. The second-order valence-corrected chi connectivity index (χ2v) is 6.09. The maximum absolute atomic E-state index is 11.6. The molecule has 0 saturated carbocycles. The fourth-order valence-electron chi connectivity index (χ4n) is 2.80. The molecule has 0 amide bonds. The Kier molecular flexibility index (Phi) is 6.45. The zero-order chi connectivity index (χ0) is 19.1. The number of furan rings is 1. The van der Waals surface area contributed by atoms with Crippen molar-refractivity contribution in [2.45, 2.75) is 13.2 Å². The van der Waals surface area contributed by atoms with Crippen molar-refractivity contribution in [3.63, 3.8) is 0 Å². The van der Waals surface area contributed by atoms with Gasteiger partial charge in [-0.05, 0) is 17.7 Å². The summed E-state index contributed by atoms with van der Waals surface area (Å²) in [6.45, 7) is 4.17. The van der Waals surface area contributed by atoms with Crippen molar-refractivity contribution in [3.8, 4) is 0 Å². The van der Waals surface area contributed by atoms with Crippen molar-refractivity contribution in [2.24, 2.45) is 10.9 Å². The summed E-state index contributed by atoms with van der Waals surface area (Å²) in [5, 5.41) is 3.93. The molecule has 2 aromatic rings. The van der Waals surface area contributed by atoms with Gasteiger partial charge in [0.05, 0.1) is 26.6 Å². The molecule has 0 unspecified atom stereocenters. The normalized spacial score (nSPS) is 15.5. The van der Waals surface area contributed by atoms with Crippen molar-refractivity contribution in [3.05, 3.63) is 59.0 Å². The molecule has 8 heteroatoms. The second kappa shape index (κ2) is 9.20. The van der Waals surface area contributed by atoms with Crippen LogP contribution in [0.1, 0.15) is 27.2 Å². The summed E-state index contributed by atoms with van der Waals surface area (Å²) >= 11 is 0. The predicted molar refractivity (Wildman–Crippen MR) is 98.1 cm³/mol. The van der Waals surface area contributed by atoms with Gasteiger partial charge in [-0.25, -0.2) is 4.79 Å². The number of benzene rings is 1. The Morgan fingerprint density at radius 2 is 2.11 bits per heavy atom. The summed E-state index contributed by atoms with van der Waals surface area (Å²) in [4.78, 5) is 19.2. The number of oxime groups is 1. The van der Waals surface area contributed by atoms with E-state index in [4.69, 9.17) is 19.7 Å². The molecule has 2 heterocycles. The van der Waals surface area contributed by atoms with Crippen LogP contribution in [0.2, 0.25) is 0 Å². The van der Waals surface area contributed by atoms with Gasteiger partial charge in [-0.2, -0.15) is 0 Å².